The van der Waals surface area contributed by atoms with Gasteiger partial charge >= 0.3 is 0 Å². The lowest BCUT2D eigenvalue weighted by molar-refractivity contribution is 0.369. The van der Waals surface area contributed by atoms with Gasteiger partial charge in [0.1, 0.15) is 5.76 Å². The average molecular weight is 373 g/mol. The Morgan fingerprint density at radius 1 is 1.56 bits per heavy atom. The number of halogens is 1. The van der Waals surface area contributed by atoms with E-state index in [1.165, 1.54) is 27.7 Å². The van der Waals surface area contributed by atoms with Gasteiger partial charge in [-0.25, -0.2) is 0 Å². The van der Waals surface area contributed by atoms with E-state index in [1.807, 2.05) is 23.5 Å². The third-order valence-electron chi connectivity index (χ3n) is 3.50. The van der Waals surface area contributed by atoms with Gasteiger partial charge in [0.2, 0.25) is 0 Å². The van der Waals surface area contributed by atoms with Gasteiger partial charge in [-0.3, -0.25) is 0 Å². The predicted molar refractivity (Wildman–Crippen MR) is 83.0 cm³/mol. The van der Waals surface area contributed by atoms with Crippen molar-refractivity contribution in [1.29, 1.82) is 0 Å². The van der Waals surface area contributed by atoms with Gasteiger partial charge in [0.05, 0.1) is 15.2 Å². The van der Waals surface area contributed by atoms with E-state index in [0.29, 0.717) is 6.04 Å². The Morgan fingerprint density at radius 2 is 2.44 bits per heavy atom. The van der Waals surface area contributed by atoms with E-state index in [4.69, 9.17) is 4.42 Å². The zero-order valence-corrected chi connectivity index (χ0v) is 13.3. The fourth-order valence-corrected chi connectivity index (χ4v) is 4.74. The Balaban J connectivity index is 1.78. The van der Waals surface area contributed by atoms with Gasteiger partial charge < -0.3 is 9.73 Å². The Hall–Kier alpha value is -0.330. The van der Waals surface area contributed by atoms with Crippen molar-refractivity contribution in [3.05, 3.63) is 43.5 Å². The molecule has 3 rings (SSSR count). The lowest BCUT2D eigenvalue weighted by Gasteiger charge is -2.26. The van der Waals surface area contributed by atoms with Crippen LogP contribution in [-0.4, -0.2) is 0 Å². The second kappa shape index (κ2) is 5.35. The van der Waals surface area contributed by atoms with Crippen molar-refractivity contribution >= 4 is 33.9 Å². The molecule has 4 heteroatoms. The lowest BCUT2D eigenvalue weighted by Crippen LogP contribution is -2.26. The summed E-state index contributed by atoms with van der Waals surface area (Å²) in [5.74, 6) is 1.02. The Kier molecular flexibility index (Phi) is 3.77. The summed E-state index contributed by atoms with van der Waals surface area (Å²) >= 11 is 4.37. The van der Waals surface area contributed by atoms with Crippen molar-refractivity contribution in [2.24, 2.45) is 0 Å². The van der Waals surface area contributed by atoms with E-state index >= 15 is 0 Å². The van der Waals surface area contributed by atoms with Crippen molar-refractivity contribution in [3.63, 3.8) is 0 Å². The first-order valence-corrected chi connectivity index (χ1v) is 8.21. The molecule has 0 saturated carbocycles. The number of thiophene rings is 1. The van der Waals surface area contributed by atoms with Gasteiger partial charge in [0.25, 0.3) is 0 Å². The van der Waals surface area contributed by atoms with Crippen LogP contribution in [0.2, 0.25) is 0 Å². The zero-order chi connectivity index (χ0) is 12.5. The number of rotatable bonds is 3. The maximum absolute atomic E-state index is 5.47. The second-order valence-corrected chi connectivity index (χ2v) is 7.81. The summed E-state index contributed by atoms with van der Waals surface area (Å²) in [5.41, 5.74) is 1.51. The number of hydrogen-bond acceptors (Lipinski definition) is 3. The van der Waals surface area contributed by atoms with E-state index in [9.17, 15) is 0 Å². The van der Waals surface area contributed by atoms with Crippen LogP contribution >= 0.6 is 33.9 Å². The zero-order valence-electron chi connectivity index (χ0n) is 10.3. The SMILES string of the molecule is CC(NC1CCCc2sc(I)cc21)c1ccco1. The molecule has 2 nitrogen and oxygen atoms in total. The van der Waals surface area contributed by atoms with Crippen molar-refractivity contribution in [2.75, 3.05) is 0 Å². The smallest absolute Gasteiger partial charge is 0.120 e. The van der Waals surface area contributed by atoms with Gasteiger partial charge in [0, 0.05) is 10.9 Å². The lowest BCUT2D eigenvalue weighted by atomic mass is 9.93. The molecule has 0 saturated heterocycles. The van der Waals surface area contributed by atoms with Crippen LogP contribution in [0, 0.1) is 2.88 Å². The molecule has 0 aromatic carbocycles. The summed E-state index contributed by atoms with van der Waals surface area (Å²) in [6.45, 7) is 2.17. The van der Waals surface area contributed by atoms with E-state index in [0.717, 1.165) is 5.76 Å². The molecule has 2 aromatic rings. The molecule has 2 atom stereocenters. The minimum atomic E-state index is 0.272. The van der Waals surface area contributed by atoms with Crippen LogP contribution in [0.1, 0.15) is 48.0 Å². The first-order chi connectivity index (χ1) is 8.74. The topological polar surface area (TPSA) is 25.2 Å². The first-order valence-electron chi connectivity index (χ1n) is 6.31. The number of aryl methyl sites for hydroxylation is 1. The van der Waals surface area contributed by atoms with E-state index < -0.39 is 0 Å². The molecule has 2 aromatic heterocycles. The first kappa shape index (κ1) is 12.7. The number of fused-ring (bicyclic) bond motifs is 1. The second-order valence-electron chi connectivity index (χ2n) is 4.78. The monoisotopic (exact) mass is 373 g/mol. The molecule has 2 unspecified atom stereocenters. The number of furan rings is 1. The highest BCUT2D eigenvalue weighted by Gasteiger charge is 2.24. The molecule has 0 spiro atoms. The van der Waals surface area contributed by atoms with Crippen LogP contribution < -0.4 is 5.32 Å². The Bertz CT molecular complexity index is 520. The molecule has 0 aliphatic heterocycles. The summed E-state index contributed by atoms with van der Waals surface area (Å²) in [5, 5.41) is 3.70. The van der Waals surface area contributed by atoms with Crippen LogP contribution in [0.25, 0.3) is 0 Å². The average Bonchev–Trinajstić information content (AvgIpc) is 2.96. The molecule has 1 aliphatic rings. The van der Waals surface area contributed by atoms with E-state index in [1.54, 1.807) is 11.1 Å². The molecule has 18 heavy (non-hydrogen) atoms. The largest absolute Gasteiger partial charge is 0.468 e. The minimum absolute atomic E-state index is 0.272. The molecular formula is C14H16INOS. The van der Waals surface area contributed by atoms with Crippen LogP contribution in [0.4, 0.5) is 0 Å². The summed E-state index contributed by atoms with van der Waals surface area (Å²) in [7, 11) is 0. The molecule has 0 fully saturated rings. The fourth-order valence-electron chi connectivity index (χ4n) is 2.62. The molecule has 2 heterocycles. The molecule has 0 bridgehead atoms. The normalized spacial score (nSPS) is 20.7. The molecule has 1 aliphatic carbocycles. The maximum atomic E-state index is 5.47. The Labute approximate surface area is 125 Å². The van der Waals surface area contributed by atoms with Crippen molar-refractivity contribution in [2.45, 2.75) is 38.3 Å². The molecule has 0 radical (unpaired) electrons. The Morgan fingerprint density at radius 3 is 3.22 bits per heavy atom. The molecule has 0 amide bonds. The van der Waals surface area contributed by atoms with Crippen LogP contribution in [0.5, 0.6) is 0 Å². The molecule has 1 N–H and O–H groups in total. The third kappa shape index (κ3) is 2.51. The van der Waals surface area contributed by atoms with Gasteiger partial charge in [-0.05, 0) is 72.5 Å². The number of nitrogens with one attached hydrogen (secondary N) is 1. The van der Waals surface area contributed by atoms with E-state index in [-0.39, 0.29) is 6.04 Å². The standard InChI is InChI=1S/C14H16INOS/c1-9(12-5-3-7-17-12)16-11-4-2-6-13-10(11)8-14(15)18-13/h3,5,7-9,11,16H,2,4,6H2,1H3. The van der Waals surface area contributed by atoms with Crippen molar-refractivity contribution in [1.82, 2.24) is 5.32 Å². The van der Waals surface area contributed by atoms with Gasteiger partial charge in [-0.2, -0.15) is 0 Å². The summed E-state index contributed by atoms with van der Waals surface area (Å²) < 4.78 is 6.87. The predicted octanol–water partition coefficient (Wildman–Crippen LogP) is 4.67. The summed E-state index contributed by atoms with van der Waals surface area (Å²) in [4.78, 5) is 1.56. The fraction of sp³-hybridized carbons (Fsp3) is 0.429. The highest BCUT2D eigenvalue weighted by molar-refractivity contribution is 14.1. The van der Waals surface area contributed by atoms with Crippen molar-refractivity contribution < 1.29 is 4.42 Å². The van der Waals surface area contributed by atoms with Crippen molar-refractivity contribution in [3.8, 4) is 0 Å². The van der Waals surface area contributed by atoms with E-state index in [2.05, 4.69) is 40.9 Å². The third-order valence-corrected chi connectivity index (χ3v) is 5.48. The van der Waals surface area contributed by atoms with Crippen LogP contribution in [0.3, 0.4) is 0 Å². The summed E-state index contributed by atoms with van der Waals surface area (Å²) in [6, 6.07) is 7.08. The quantitative estimate of drug-likeness (QED) is 0.791. The molecular weight excluding hydrogens is 357 g/mol. The van der Waals surface area contributed by atoms with Gasteiger partial charge in [-0.15, -0.1) is 11.3 Å². The van der Waals surface area contributed by atoms with Crippen LogP contribution in [-0.2, 0) is 6.42 Å². The maximum Gasteiger partial charge on any atom is 0.120 e. The van der Waals surface area contributed by atoms with Gasteiger partial charge in [-0.1, -0.05) is 0 Å². The summed E-state index contributed by atoms with van der Waals surface area (Å²) in [6.07, 6.45) is 5.50. The molecule has 96 valence electrons. The van der Waals surface area contributed by atoms with Crippen LogP contribution in [0.15, 0.2) is 28.9 Å². The van der Waals surface area contributed by atoms with Gasteiger partial charge in [0.15, 0.2) is 0 Å². The highest BCUT2D eigenvalue weighted by atomic mass is 127. The number of hydrogen-bond donors (Lipinski definition) is 1. The highest BCUT2D eigenvalue weighted by Crippen LogP contribution is 2.37. The minimum Gasteiger partial charge on any atom is -0.468 e.